The highest BCUT2D eigenvalue weighted by Gasteiger charge is 2.37. The third-order valence-corrected chi connectivity index (χ3v) is 4.39. The zero-order valence-corrected chi connectivity index (χ0v) is 12.2. The second kappa shape index (κ2) is 5.33. The Labute approximate surface area is 115 Å². The Bertz CT molecular complexity index is 484. The Morgan fingerprint density at radius 1 is 1.37 bits per heavy atom. The van der Waals surface area contributed by atoms with E-state index in [-0.39, 0.29) is 17.9 Å². The van der Waals surface area contributed by atoms with Crippen LogP contribution in [0.3, 0.4) is 0 Å². The molecule has 1 aliphatic heterocycles. The molecule has 2 rings (SSSR count). The van der Waals surface area contributed by atoms with Crippen LogP contribution < -0.4 is 0 Å². The number of benzene rings is 1. The molecular weight excluding hydrogens is 238 g/mol. The zero-order chi connectivity index (χ0) is 14.2. The van der Waals surface area contributed by atoms with E-state index in [0.29, 0.717) is 6.54 Å². The monoisotopic (exact) mass is 261 g/mol. The molecular formula is C16H23NO2. The van der Waals surface area contributed by atoms with Gasteiger partial charge in [-0.25, -0.2) is 0 Å². The number of aryl methyl sites for hydroxylation is 2. The van der Waals surface area contributed by atoms with Crippen LogP contribution in [0.4, 0.5) is 0 Å². The molecule has 1 aromatic rings. The van der Waals surface area contributed by atoms with Crippen LogP contribution in [0.25, 0.3) is 0 Å². The van der Waals surface area contributed by atoms with Crippen molar-refractivity contribution in [3.63, 3.8) is 0 Å². The van der Waals surface area contributed by atoms with E-state index in [0.717, 1.165) is 6.54 Å². The lowest BCUT2D eigenvalue weighted by molar-refractivity contribution is -0.142. The van der Waals surface area contributed by atoms with Gasteiger partial charge in [0, 0.05) is 19.1 Å². The summed E-state index contributed by atoms with van der Waals surface area (Å²) >= 11 is 0. The third kappa shape index (κ3) is 2.81. The van der Waals surface area contributed by atoms with Crippen molar-refractivity contribution in [3.8, 4) is 0 Å². The number of hydrogen-bond donors (Lipinski definition) is 1. The lowest BCUT2D eigenvalue weighted by atomic mass is 9.99. The fourth-order valence-corrected chi connectivity index (χ4v) is 3.05. The van der Waals surface area contributed by atoms with Crippen LogP contribution in [0.15, 0.2) is 18.2 Å². The number of likely N-dealkylation sites (tertiary alicyclic amines) is 1. The summed E-state index contributed by atoms with van der Waals surface area (Å²) < 4.78 is 0. The molecule has 3 nitrogen and oxygen atoms in total. The largest absolute Gasteiger partial charge is 0.481 e. The van der Waals surface area contributed by atoms with Crippen molar-refractivity contribution in [2.75, 3.05) is 13.1 Å². The third-order valence-electron chi connectivity index (χ3n) is 4.39. The van der Waals surface area contributed by atoms with Gasteiger partial charge in [0.15, 0.2) is 0 Å². The molecule has 0 bridgehead atoms. The normalized spacial score (nSPS) is 25.5. The summed E-state index contributed by atoms with van der Waals surface area (Å²) in [5.74, 6) is -0.666. The molecule has 0 saturated carbocycles. The van der Waals surface area contributed by atoms with Crippen molar-refractivity contribution in [3.05, 3.63) is 34.9 Å². The van der Waals surface area contributed by atoms with Gasteiger partial charge in [-0.1, -0.05) is 30.7 Å². The summed E-state index contributed by atoms with van der Waals surface area (Å²) in [6, 6.07) is 6.78. The average molecular weight is 261 g/mol. The first-order valence-corrected chi connectivity index (χ1v) is 6.94. The van der Waals surface area contributed by atoms with E-state index in [1.807, 2.05) is 6.92 Å². The summed E-state index contributed by atoms with van der Waals surface area (Å²) in [6.45, 7) is 9.96. The first-order chi connectivity index (χ1) is 8.90. The molecule has 19 heavy (non-hydrogen) atoms. The van der Waals surface area contributed by atoms with E-state index in [4.69, 9.17) is 0 Å². The molecule has 1 heterocycles. The predicted octanol–water partition coefficient (Wildman–Crippen LogP) is 3.02. The van der Waals surface area contributed by atoms with Gasteiger partial charge in [0.05, 0.1) is 5.92 Å². The van der Waals surface area contributed by atoms with Gasteiger partial charge in [0.2, 0.25) is 0 Å². The van der Waals surface area contributed by atoms with Crippen LogP contribution in [-0.4, -0.2) is 29.1 Å². The summed E-state index contributed by atoms with van der Waals surface area (Å²) in [4.78, 5) is 13.5. The minimum Gasteiger partial charge on any atom is -0.481 e. The fraction of sp³-hybridized carbons (Fsp3) is 0.562. The van der Waals surface area contributed by atoms with E-state index in [9.17, 15) is 9.90 Å². The van der Waals surface area contributed by atoms with Crippen molar-refractivity contribution in [1.29, 1.82) is 0 Å². The molecule has 104 valence electrons. The van der Waals surface area contributed by atoms with Gasteiger partial charge in [-0.2, -0.15) is 0 Å². The van der Waals surface area contributed by atoms with E-state index in [2.05, 4.69) is 43.9 Å². The zero-order valence-electron chi connectivity index (χ0n) is 12.2. The minimum absolute atomic E-state index is 0.227. The van der Waals surface area contributed by atoms with Gasteiger partial charge in [0.1, 0.15) is 0 Å². The first kappa shape index (κ1) is 14.1. The van der Waals surface area contributed by atoms with E-state index >= 15 is 0 Å². The van der Waals surface area contributed by atoms with Crippen LogP contribution >= 0.6 is 0 Å². The van der Waals surface area contributed by atoms with Crippen LogP contribution in [0, 0.1) is 25.7 Å². The van der Waals surface area contributed by atoms with Gasteiger partial charge in [-0.3, -0.25) is 9.69 Å². The number of carboxylic acid groups (broad SMARTS) is 1. The maximum Gasteiger partial charge on any atom is 0.308 e. The van der Waals surface area contributed by atoms with Crippen LogP contribution in [0.2, 0.25) is 0 Å². The maximum atomic E-state index is 11.2. The molecule has 3 heteroatoms. The highest BCUT2D eigenvalue weighted by molar-refractivity contribution is 5.71. The Morgan fingerprint density at radius 3 is 2.63 bits per heavy atom. The molecule has 0 spiro atoms. The summed E-state index contributed by atoms with van der Waals surface area (Å²) in [5, 5.41) is 9.23. The van der Waals surface area contributed by atoms with E-state index in [1.165, 1.54) is 16.7 Å². The molecule has 0 amide bonds. The van der Waals surface area contributed by atoms with Crippen molar-refractivity contribution < 1.29 is 9.90 Å². The topological polar surface area (TPSA) is 40.5 Å². The standard InChI is InChI=1S/C16H23NO2/c1-10-5-6-11(2)14(7-10)13(4)17-8-12(3)15(9-17)16(18)19/h5-7,12-13,15H,8-9H2,1-4H3,(H,18,19)/t12-,13?,15-/m1/s1. The number of nitrogens with zero attached hydrogens (tertiary/aromatic N) is 1. The molecule has 1 aliphatic rings. The van der Waals surface area contributed by atoms with Gasteiger partial charge < -0.3 is 5.11 Å². The predicted molar refractivity (Wildman–Crippen MR) is 76.2 cm³/mol. The van der Waals surface area contributed by atoms with Gasteiger partial charge in [-0.05, 0) is 37.8 Å². The number of rotatable bonds is 3. The summed E-state index contributed by atoms with van der Waals surface area (Å²) in [7, 11) is 0. The second-order valence-corrected chi connectivity index (χ2v) is 5.91. The van der Waals surface area contributed by atoms with Crippen molar-refractivity contribution >= 4 is 5.97 Å². The SMILES string of the molecule is Cc1ccc(C)c(C(C)N2C[C@@H](C)[C@H](C(=O)O)C2)c1. The van der Waals surface area contributed by atoms with Crippen molar-refractivity contribution in [2.45, 2.75) is 33.7 Å². The fourth-order valence-electron chi connectivity index (χ4n) is 3.05. The number of carboxylic acids is 1. The van der Waals surface area contributed by atoms with E-state index < -0.39 is 5.97 Å². The molecule has 1 N–H and O–H groups in total. The Kier molecular flexibility index (Phi) is 3.95. The molecule has 0 radical (unpaired) electrons. The van der Waals surface area contributed by atoms with Crippen LogP contribution in [0.1, 0.15) is 36.6 Å². The lowest BCUT2D eigenvalue weighted by Crippen LogP contribution is -2.26. The second-order valence-electron chi connectivity index (χ2n) is 5.91. The summed E-state index contributed by atoms with van der Waals surface area (Å²) in [6.07, 6.45) is 0. The lowest BCUT2D eigenvalue weighted by Gasteiger charge is -2.26. The average Bonchev–Trinajstić information content (AvgIpc) is 2.74. The highest BCUT2D eigenvalue weighted by atomic mass is 16.4. The molecule has 0 aliphatic carbocycles. The molecule has 1 fully saturated rings. The molecule has 1 saturated heterocycles. The van der Waals surface area contributed by atoms with Gasteiger partial charge in [0.25, 0.3) is 0 Å². The molecule has 1 aromatic carbocycles. The Hall–Kier alpha value is -1.35. The first-order valence-electron chi connectivity index (χ1n) is 6.94. The quantitative estimate of drug-likeness (QED) is 0.909. The number of carbonyl (C=O) groups is 1. The number of hydrogen-bond acceptors (Lipinski definition) is 2. The molecule has 1 unspecified atom stereocenters. The van der Waals surface area contributed by atoms with Crippen molar-refractivity contribution in [1.82, 2.24) is 4.90 Å². The molecule has 0 aromatic heterocycles. The van der Waals surface area contributed by atoms with Gasteiger partial charge in [-0.15, -0.1) is 0 Å². The number of aliphatic carboxylic acids is 1. The smallest absolute Gasteiger partial charge is 0.308 e. The van der Waals surface area contributed by atoms with Crippen LogP contribution in [0.5, 0.6) is 0 Å². The maximum absolute atomic E-state index is 11.2. The Balaban J connectivity index is 2.19. The highest BCUT2D eigenvalue weighted by Crippen LogP contribution is 2.32. The minimum atomic E-state index is -0.664. The summed E-state index contributed by atoms with van der Waals surface area (Å²) in [5.41, 5.74) is 3.86. The van der Waals surface area contributed by atoms with Crippen LogP contribution in [-0.2, 0) is 4.79 Å². The Morgan fingerprint density at radius 2 is 2.05 bits per heavy atom. The molecule has 3 atom stereocenters. The van der Waals surface area contributed by atoms with Crippen molar-refractivity contribution in [2.24, 2.45) is 11.8 Å². The van der Waals surface area contributed by atoms with Gasteiger partial charge >= 0.3 is 5.97 Å². The van der Waals surface area contributed by atoms with E-state index in [1.54, 1.807) is 0 Å².